The lowest BCUT2D eigenvalue weighted by molar-refractivity contribution is -0.402. The highest BCUT2D eigenvalue weighted by Gasteiger charge is 2.31. The van der Waals surface area contributed by atoms with E-state index in [0.717, 1.165) is 11.2 Å². The third-order valence-electron chi connectivity index (χ3n) is 2.44. The molecule has 1 fully saturated rings. The highest BCUT2D eigenvalue weighted by atomic mass is 16.6. The second-order valence-electron chi connectivity index (χ2n) is 4.07. The number of esters is 1. The van der Waals surface area contributed by atoms with E-state index in [1.807, 2.05) is 0 Å². The number of carbonyl (C=O) groups excluding carboxylic acids is 2. The van der Waals surface area contributed by atoms with E-state index in [1.165, 1.54) is 19.1 Å². The molecule has 0 saturated carbocycles. The molecular weight excluding hydrogens is 286 g/mol. The van der Waals surface area contributed by atoms with Crippen LogP contribution in [0.15, 0.2) is 21.7 Å². The Morgan fingerprint density at radius 2 is 2.43 bits per heavy atom. The molecule has 0 N–H and O–H groups in total. The topological polar surface area (TPSA) is 124 Å². The Morgan fingerprint density at radius 1 is 1.67 bits per heavy atom. The quantitative estimate of drug-likeness (QED) is 0.342. The predicted molar refractivity (Wildman–Crippen MR) is 66.6 cm³/mol. The van der Waals surface area contributed by atoms with Crippen molar-refractivity contribution in [3.63, 3.8) is 0 Å². The van der Waals surface area contributed by atoms with Crippen molar-refractivity contribution in [2.24, 2.45) is 5.10 Å². The largest absolute Gasteiger partial charge is 0.462 e. The minimum atomic E-state index is -0.704. The van der Waals surface area contributed by atoms with Gasteiger partial charge >= 0.3 is 17.9 Å². The Bertz CT molecular complexity index is 594. The van der Waals surface area contributed by atoms with Gasteiger partial charge in [0.25, 0.3) is 0 Å². The van der Waals surface area contributed by atoms with Crippen molar-refractivity contribution in [2.45, 2.75) is 13.0 Å². The van der Waals surface area contributed by atoms with E-state index in [1.54, 1.807) is 0 Å². The van der Waals surface area contributed by atoms with Gasteiger partial charge in [-0.15, -0.1) is 0 Å². The summed E-state index contributed by atoms with van der Waals surface area (Å²) < 4.78 is 14.5. The number of hydrogen-bond acceptors (Lipinski definition) is 8. The minimum absolute atomic E-state index is 0.0562. The second-order valence-corrected chi connectivity index (χ2v) is 4.07. The molecular formula is C11H11N3O7. The fourth-order valence-corrected chi connectivity index (χ4v) is 1.54. The molecule has 1 aromatic heterocycles. The first-order valence-corrected chi connectivity index (χ1v) is 5.85. The maximum absolute atomic E-state index is 11.5. The molecule has 1 saturated heterocycles. The summed E-state index contributed by atoms with van der Waals surface area (Å²) >= 11 is 0. The number of rotatable bonds is 5. The van der Waals surface area contributed by atoms with Gasteiger partial charge in [-0.25, -0.2) is 4.79 Å². The van der Waals surface area contributed by atoms with Crippen LogP contribution in [0.5, 0.6) is 0 Å². The number of hydrazone groups is 1. The maximum Gasteiger partial charge on any atom is 0.433 e. The SMILES string of the molecule is CC(=O)OCC1CN(N=Cc2ccc([N+](=O)[O-])o2)C(=O)O1. The van der Waals surface area contributed by atoms with Gasteiger partial charge in [0.05, 0.1) is 18.8 Å². The fourth-order valence-electron chi connectivity index (χ4n) is 1.54. The average Bonchev–Trinajstić information content (AvgIpc) is 3.01. The van der Waals surface area contributed by atoms with Crippen molar-refractivity contribution in [1.29, 1.82) is 0 Å². The van der Waals surface area contributed by atoms with Crippen LogP contribution in [-0.2, 0) is 14.3 Å². The molecule has 1 aliphatic rings. The van der Waals surface area contributed by atoms with Crippen LogP contribution in [0.1, 0.15) is 12.7 Å². The van der Waals surface area contributed by atoms with E-state index in [4.69, 9.17) is 13.9 Å². The van der Waals surface area contributed by atoms with E-state index in [2.05, 4.69) is 5.10 Å². The van der Waals surface area contributed by atoms with Crippen molar-refractivity contribution >= 4 is 24.2 Å². The molecule has 0 aromatic carbocycles. The molecule has 10 heteroatoms. The summed E-state index contributed by atoms with van der Waals surface area (Å²) in [5.74, 6) is -0.776. The summed E-state index contributed by atoms with van der Waals surface area (Å²) in [6, 6.07) is 2.52. The molecule has 0 aliphatic carbocycles. The van der Waals surface area contributed by atoms with Gasteiger partial charge in [-0.2, -0.15) is 10.1 Å². The van der Waals surface area contributed by atoms with Gasteiger partial charge in [0.2, 0.25) is 0 Å². The van der Waals surface area contributed by atoms with Gasteiger partial charge < -0.3 is 13.9 Å². The van der Waals surface area contributed by atoms with Gasteiger partial charge in [0, 0.05) is 6.92 Å². The van der Waals surface area contributed by atoms with E-state index in [-0.39, 0.29) is 18.9 Å². The smallest absolute Gasteiger partial charge is 0.433 e. The van der Waals surface area contributed by atoms with Crippen LogP contribution in [0.3, 0.4) is 0 Å². The number of nitro groups is 1. The number of furan rings is 1. The highest BCUT2D eigenvalue weighted by Crippen LogP contribution is 2.15. The number of cyclic esters (lactones) is 1. The summed E-state index contributed by atoms with van der Waals surface area (Å²) in [7, 11) is 0. The molecule has 10 nitrogen and oxygen atoms in total. The summed E-state index contributed by atoms with van der Waals surface area (Å²) in [6.07, 6.45) is -0.156. The van der Waals surface area contributed by atoms with Crippen LogP contribution in [0.25, 0.3) is 0 Å². The van der Waals surface area contributed by atoms with E-state index < -0.39 is 29.0 Å². The molecule has 2 rings (SSSR count). The number of amides is 1. The van der Waals surface area contributed by atoms with Crippen molar-refractivity contribution in [1.82, 2.24) is 5.01 Å². The van der Waals surface area contributed by atoms with E-state index in [9.17, 15) is 19.7 Å². The molecule has 0 radical (unpaired) electrons. The second kappa shape index (κ2) is 6.03. The zero-order chi connectivity index (χ0) is 15.4. The van der Waals surface area contributed by atoms with Crippen LogP contribution in [0.2, 0.25) is 0 Å². The number of nitrogens with zero attached hydrogens (tertiary/aromatic N) is 3. The van der Waals surface area contributed by atoms with Crippen molar-refractivity contribution in [2.75, 3.05) is 13.2 Å². The number of carbonyl (C=O) groups is 2. The predicted octanol–water partition coefficient (Wildman–Crippen LogP) is 0.906. The standard InChI is InChI=1S/C11H11N3O7/c1-7(15)19-6-9-5-13(11(16)21-9)12-4-8-2-3-10(20-8)14(17)18/h2-4,9H,5-6H2,1H3. The van der Waals surface area contributed by atoms with Crippen LogP contribution >= 0.6 is 0 Å². The molecule has 1 atom stereocenters. The molecule has 21 heavy (non-hydrogen) atoms. The van der Waals surface area contributed by atoms with Crippen molar-refractivity contribution < 1.29 is 28.4 Å². The van der Waals surface area contributed by atoms with E-state index in [0.29, 0.717) is 0 Å². The lowest BCUT2D eigenvalue weighted by Gasteiger charge is -2.06. The molecule has 2 heterocycles. The summed E-state index contributed by atoms with van der Waals surface area (Å²) in [5, 5.41) is 15.2. The van der Waals surface area contributed by atoms with Crippen LogP contribution in [0.4, 0.5) is 10.7 Å². The number of hydrogen-bond donors (Lipinski definition) is 0. The molecule has 112 valence electrons. The monoisotopic (exact) mass is 297 g/mol. The molecule has 0 bridgehead atoms. The average molecular weight is 297 g/mol. The summed E-state index contributed by atoms with van der Waals surface area (Å²) in [4.78, 5) is 31.9. The lowest BCUT2D eigenvalue weighted by Crippen LogP contribution is -2.22. The Balaban J connectivity index is 1.92. The zero-order valence-electron chi connectivity index (χ0n) is 10.9. The van der Waals surface area contributed by atoms with Gasteiger partial charge in [0.15, 0.2) is 11.9 Å². The van der Waals surface area contributed by atoms with Crippen molar-refractivity contribution in [3.05, 3.63) is 28.0 Å². The molecule has 1 unspecified atom stereocenters. The lowest BCUT2D eigenvalue weighted by atomic mass is 10.4. The third-order valence-corrected chi connectivity index (χ3v) is 2.44. The van der Waals surface area contributed by atoms with Gasteiger partial charge in [-0.3, -0.25) is 14.9 Å². The molecule has 1 aliphatic heterocycles. The third kappa shape index (κ3) is 3.78. The Hall–Kier alpha value is -2.91. The first-order chi connectivity index (χ1) is 9.95. The van der Waals surface area contributed by atoms with Gasteiger partial charge in [-0.05, 0) is 6.07 Å². The highest BCUT2D eigenvalue weighted by molar-refractivity contribution is 5.78. The van der Waals surface area contributed by atoms with Crippen LogP contribution < -0.4 is 0 Å². The maximum atomic E-state index is 11.5. The number of ether oxygens (including phenoxy) is 2. The Kier molecular flexibility index (Phi) is 4.16. The van der Waals surface area contributed by atoms with Crippen LogP contribution in [0, 0.1) is 10.1 Å². The van der Waals surface area contributed by atoms with E-state index >= 15 is 0 Å². The normalized spacial score (nSPS) is 18.0. The minimum Gasteiger partial charge on any atom is -0.462 e. The summed E-state index contributed by atoms with van der Waals surface area (Å²) in [5.41, 5.74) is 0. The molecule has 1 amide bonds. The van der Waals surface area contributed by atoms with Crippen LogP contribution in [-0.4, -0.2) is 47.5 Å². The molecule has 1 aromatic rings. The Labute approximate surface area is 118 Å². The first kappa shape index (κ1) is 14.5. The molecule has 0 spiro atoms. The van der Waals surface area contributed by atoms with Crippen molar-refractivity contribution in [3.8, 4) is 0 Å². The van der Waals surface area contributed by atoms with Gasteiger partial charge in [-0.1, -0.05) is 0 Å². The fraction of sp³-hybridized carbons (Fsp3) is 0.364. The van der Waals surface area contributed by atoms with Gasteiger partial charge in [0.1, 0.15) is 11.5 Å². The summed E-state index contributed by atoms with van der Waals surface area (Å²) in [6.45, 7) is 1.29. The Morgan fingerprint density at radius 3 is 3.05 bits per heavy atom. The zero-order valence-corrected chi connectivity index (χ0v) is 10.9. The first-order valence-electron chi connectivity index (χ1n) is 5.85.